The third-order valence-electron chi connectivity index (χ3n) is 5.38. The zero-order chi connectivity index (χ0) is 19.7. The first kappa shape index (κ1) is 19.6. The molecule has 2 aromatic rings. The Kier molecular flexibility index (Phi) is 5.55. The van der Waals surface area contributed by atoms with E-state index in [1.165, 1.54) is 28.3 Å². The summed E-state index contributed by atoms with van der Waals surface area (Å²) in [5.74, 6) is -0.549. The largest absolute Gasteiger partial charge is 0.465 e. The summed E-state index contributed by atoms with van der Waals surface area (Å²) in [6, 6.07) is 10.2. The number of carbonyl (C=O) groups is 1. The lowest BCUT2D eigenvalue weighted by atomic mass is 10.0. The fraction of sp³-hybridized carbons (Fsp3) is 0.450. The third kappa shape index (κ3) is 3.61. The monoisotopic (exact) mass is 420 g/mol. The second-order valence-electron chi connectivity index (χ2n) is 7.22. The van der Waals surface area contributed by atoms with Crippen molar-refractivity contribution in [2.24, 2.45) is 0 Å². The van der Waals surface area contributed by atoms with Crippen molar-refractivity contribution in [3.8, 4) is 0 Å². The first-order valence-corrected chi connectivity index (χ1v) is 11.8. The lowest BCUT2D eigenvalue weighted by Gasteiger charge is -2.27. The van der Waals surface area contributed by atoms with Crippen molar-refractivity contribution in [2.75, 3.05) is 26.7 Å². The summed E-state index contributed by atoms with van der Waals surface area (Å²) < 4.78 is 33.0. The predicted octanol–water partition coefficient (Wildman–Crippen LogP) is 2.88. The first-order valence-electron chi connectivity index (χ1n) is 9.50. The van der Waals surface area contributed by atoms with Crippen molar-refractivity contribution >= 4 is 27.3 Å². The Bertz CT molecular complexity index is 964. The van der Waals surface area contributed by atoms with Crippen LogP contribution in [0.5, 0.6) is 0 Å². The van der Waals surface area contributed by atoms with E-state index in [1.54, 1.807) is 0 Å². The average molecular weight is 421 g/mol. The number of hydrogen-bond donors (Lipinski definition) is 0. The maximum Gasteiger partial charge on any atom is 0.340 e. The van der Waals surface area contributed by atoms with Gasteiger partial charge in [-0.3, -0.25) is 4.90 Å². The van der Waals surface area contributed by atoms with Gasteiger partial charge in [0.15, 0.2) is 0 Å². The number of fused-ring (bicyclic) bond motifs is 1. The summed E-state index contributed by atoms with van der Waals surface area (Å²) in [6.45, 7) is 3.28. The molecule has 1 fully saturated rings. The van der Waals surface area contributed by atoms with Crippen molar-refractivity contribution < 1.29 is 17.9 Å². The van der Waals surface area contributed by atoms with Crippen molar-refractivity contribution in [1.82, 2.24) is 9.21 Å². The summed E-state index contributed by atoms with van der Waals surface area (Å²) in [6.07, 6.45) is 2.38. The van der Waals surface area contributed by atoms with Crippen LogP contribution in [0, 0.1) is 0 Å². The minimum absolute atomic E-state index is 0.160. The van der Waals surface area contributed by atoms with Gasteiger partial charge in [-0.05, 0) is 30.4 Å². The molecule has 1 aromatic heterocycles. The van der Waals surface area contributed by atoms with Gasteiger partial charge < -0.3 is 4.74 Å². The molecule has 0 spiro atoms. The Morgan fingerprint density at radius 1 is 1.14 bits per heavy atom. The van der Waals surface area contributed by atoms with Gasteiger partial charge in [0, 0.05) is 37.6 Å². The van der Waals surface area contributed by atoms with Crippen molar-refractivity contribution in [2.45, 2.75) is 36.6 Å². The maximum atomic E-state index is 13.2. The second-order valence-corrected chi connectivity index (χ2v) is 10.5. The molecule has 0 bridgehead atoms. The molecule has 0 aliphatic carbocycles. The molecule has 150 valence electrons. The van der Waals surface area contributed by atoms with E-state index in [4.69, 9.17) is 4.74 Å². The smallest absolute Gasteiger partial charge is 0.340 e. The molecule has 0 unspecified atom stereocenters. The van der Waals surface area contributed by atoms with Crippen LogP contribution in [0.1, 0.15) is 39.2 Å². The zero-order valence-electron chi connectivity index (χ0n) is 15.9. The summed E-state index contributed by atoms with van der Waals surface area (Å²) in [7, 11) is -2.35. The number of esters is 1. The van der Waals surface area contributed by atoms with Crippen molar-refractivity contribution in [3.05, 3.63) is 51.9 Å². The Morgan fingerprint density at radius 2 is 1.86 bits per heavy atom. The molecular formula is C20H24N2O4S2. The molecule has 0 radical (unpaired) electrons. The Labute approximate surface area is 169 Å². The highest BCUT2D eigenvalue weighted by Crippen LogP contribution is 2.39. The van der Waals surface area contributed by atoms with Gasteiger partial charge in [-0.25, -0.2) is 13.2 Å². The van der Waals surface area contributed by atoms with Gasteiger partial charge in [-0.2, -0.15) is 4.31 Å². The summed E-state index contributed by atoms with van der Waals surface area (Å²) in [5.41, 5.74) is 2.33. The maximum absolute atomic E-state index is 13.2. The minimum atomic E-state index is -3.66. The predicted molar refractivity (Wildman–Crippen MR) is 108 cm³/mol. The van der Waals surface area contributed by atoms with E-state index in [-0.39, 0.29) is 9.77 Å². The van der Waals surface area contributed by atoms with Gasteiger partial charge in [0.05, 0.1) is 12.7 Å². The van der Waals surface area contributed by atoms with E-state index in [0.29, 0.717) is 26.1 Å². The standard InChI is InChI=1S/C20H24N2O4S2/c1-26-19(23)18-16-9-12-21(13-15-7-3-2-4-8-15)14-17(16)27-20(18)28(24,25)22-10-5-6-11-22/h2-4,7-8H,5-6,9-14H2,1H3. The van der Waals surface area contributed by atoms with Gasteiger partial charge in [0.25, 0.3) is 10.0 Å². The molecule has 0 N–H and O–H groups in total. The molecular weight excluding hydrogens is 396 g/mol. The molecule has 4 rings (SSSR count). The zero-order valence-corrected chi connectivity index (χ0v) is 17.5. The van der Waals surface area contributed by atoms with Crippen LogP contribution in [0.15, 0.2) is 34.5 Å². The summed E-state index contributed by atoms with van der Waals surface area (Å²) >= 11 is 1.24. The molecule has 28 heavy (non-hydrogen) atoms. The molecule has 2 aliphatic rings. The number of rotatable bonds is 5. The van der Waals surface area contributed by atoms with E-state index in [2.05, 4.69) is 17.0 Å². The number of methoxy groups -OCH3 is 1. The van der Waals surface area contributed by atoms with E-state index in [0.717, 1.165) is 36.4 Å². The highest BCUT2D eigenvalue weighted by atomic mass is 32.2. The number of benzene rings is 1. The van der Waals surface area contributed by atoms with Gasteiger partial charge in [-0.1, -0.05) is 30.3 Å². The van der Waals surface area contributed by atoms with E-state index >= 15 is 0 Å². The number of hydrogen-bond acceptors (Lipinski definition) is 6. The topological polar surface area (TPSA) is 66.9 Å². The SMILES string of the molecule is COC(=O)c1c(S(=O)(=O)N2CCCC2)sc2c1CCN(Cc1ccccc1)C2. The van der Waals surface area contributed by atoms with Gasteiger partial charge in [0.2, 0.25) is 0 Å². The number of nitrogens with zero attached hydrogens (tertiary/aromatic N) is 2. The van der Waals surface area contributed by atoms with E-state index < -0.39 is 16.0 Å². The molecule has 3 heterocycles. The third-order valence-corrected chi connectivity index (χ3v) is 8.99. The highest BCUT2D eigenvalue weighted by molar-refractivity contribution is 7.91. The fourth-order valence-electron chi connectivity index (χ4n) is 3.94. The first-order chi connectivity index (χ1) is 13.5. The van der Waals surface area contributed by atoms with Crippen LogP contribution in [-0.4, -0.2) is 50.3 Å². The minimum Gasteiger partial charge on any atom is -0.465 e. The number of ether oxygens (including phenoxy) is 1. The Hall–Kier alpha value is -1.74. The van der Waals surface area contributed by atoms with Gasteiger partial charge in [0.1, 0.15) is 4.21 Å². The highest BCUT2D eigenvalue weighted by Gasteiger charge is 2.37. The number of carbonyl (C=O) groups excluding carboxylic acids is 1. The van der Waals surface area contributed by atoms with Crippen molar-refractivity contribution in [1.29, 1.82) is 0 Å². The van der Waals surface area contributed by atoms with Crippen LogP contribution >= 0.6 is 11.3 Å². The van der Waals surface area contributed by atoms with Crippen LogP contribution in [0.3, 0.4) is 0 Å². The Morgan fingerprint density at radius 3 is 2.54 bits per heavy atom. The lowest BCUT2D eigenvalue weighted by molar-refractivity contribution is 0.0595. The second kappa shape index (κ2) is 7.94. The fourth-order valence-corrected chi connectivity index (χ4v) is 7.53. The molecule has 2 aliphatic heterocycles. The molecule has 0 atom stereocenters. The van der Waals surface area contributed by atoms with Crippen LogP contribution in [-0.2, 0) is 34.3 Å². The van der Waals surface area contributed by atoms with Crippen LogP contribution in [0.2, 0.25) is 0 Å². The van der Waals surface area contributed by atoms with Crippen LogP contribution < -0.4 is 0 Å². The molecule has 1 saturated heterocycles. The Balaban J connectivity index is 1.67. The molecule has 1 aromatic carbocycles. The lowest BCUT2D eigenvalue weighted by Crippen LogP contribution is -2.30. The van der Waals surface area contributed by atoms with Crippen molar-refractivity contribution in [3.63, 3.8) is 0 Å². The molecule has 0 saturated carbocycles. The molecule has 6 nitrogen and oxygen atoms in total. The normalized spacial score (nSPS) is 18.2. The average Bonchev–Trinajstić information content (AvgIpc) is 3.36. The van der Waals surface area contributed by atoms with Crippen LogP contribution in [0.4, 0.5) is 0 Å². The summed E-state index contributed by atoms with van der Waals surface area (Å²) in [4.78, 5) is 15.7. The van der Waals surface area contributed by atoms with Gasteiger partial charge in [-0.15, -0.1) is 11.3 Å². The van der Waals surface area contributed by atoms with Crippen LogP contribution in [0.25, 0.3) is 0 Å². The quantitative estimate of drug-likeness (QED) is 0.696. The molecule has 8 heteroatoms. The van der Waals surface area contributed by atoms with E-state index in [1.807, 2.05) is 18.2 Å². The number of sulfonamides is 1. The van der Waals surface area contributed by atoms with E-state index in [9.17, 15) is 13.2 Å². The number of thiophene rings is 1. The molecule has 0 amide bonds. The summed E-state index contributed by atoms with van der Waals surface area (Å²) in [5, 5.41) is 0. The van der Waals surface area contributed by atoms with Gasteiger partial charge >= 0.3 is 5.97 Å².